The molecule has 9 nitrogen and oxygen atoms in total. The van der Waals surface area contributed by atoms with Crippen molar-refractivity contribution in [2.75, 3.05) is 19.0 Å². The van der Waals surface area contributed by atoms with E-state index in [-0.39, 0.29) is 13.2 Å². The second-order valence-electron chi connectivity index (χ2n) is 6.18. The number of rotatable bonds is 8. The summed E-state index contributed by atoms with van der Waals surface area (Å²) in [6, 6.07) is 11.8. The maximum atomic E-state index is 13.0. The highest BCUT2D eigenvalue weighted by Gasteiger charge is 2.21. The summed E-state index contributed by atoms with van der Waals surface area (Å²) < 4.78 is 18.2. The van der Waals surface area contributed by atoms with E-state index in [1.807, 2.05) is 24.3 Å². The summed E-state index contributed by atoms with van der Waals surface area (Å²) in [6.45, 7) is 0.0709. The number of ether oxygens (including phenoxy) is 1. The Hall–Kier alpha value is -3.53. The van der Waals surface area contributed by atoms with Crippen molar-refractivity contribution >= 4 is 11.7 Å². The van der Waals surface area contributed by atoms with Gasteiger partial charge in [-0.1, -0.05) is 12.1 Å². The van der Waals surface area contributed by atoms with Gasteiger partial charge in [0.25, 0.3) is 0 Å². The standard InChI is InChI=1S/C19H21FN6O3/c1-29-16-8-2-13(3-9-16)12-17(18-23-25-26(24-18)10-11-27)22-19(28)21-15-6-4-14(20)5-7-15/h2-9,17,27H,10-12H2,1H3,(H2,21,22,28)/t17-/m0/s1. The average molecular weight is 400 g/mol. The van der Waals surface area contributed by atoms with Gasteiger partial charge in [0.15, 0.2) is 5.82 Å². The van der Waals surface area contributed by atoms with Crippen molar-refractivity contribution < 1.29 is 19.0 Å². The van der Waals surface area contributed by atoms with Gasteiger partial charge in [0, 0.05) is 12.1 Å². The fourth-order valence-electron chi connectivity index (χ4n) is 2.64. The van der Waals surface area contributed by atoms with Crippen LogP contribution in [-0.2, 0) is 13.0 Å². The van der Waals surface area contributed by atoms with Gasteiger partial charge in [-0.25, -0.2) is 9.18 Å². The second kappa shape index (κ2) is 9.60. The van der Waals surface area contributed by atoms with Crippen LogP contribution in [0.5, 0.6) is 5.75 Å². The number of aliphatic hydroxyl groups is 1. The number of urea groups is 1. The van der Waals surface area contributed by atoms with Crippen LogP contribution in [0.4, 0.5) is 14.9 Å². The minimum Gasteiger partial charge on any atom is -0.497 e. The third-order valence-corrected chi connectivity index (χ3v) is 4.09. The molecule has 3 aromatic rings. The number of aliphatic hydroxyl groups excluding tert-OH is 1. The number of benzene rings is 2. The summed E-state index contributed by atoms with van der Waals surface area (Å²) in [7, 11) is 1.59. The van der Waals surface area contributed by atoms with Crippen LogP contribution in [0.25, 0.3) is 0 Å². The van der Waals surface area contributed by atoms with Gasteiger partial charge in [-0.3, -0.25) is 0 Å². The third kappa shape index (κ3) is 5.72. The molecule has 152 valence electrons. The highest BCUT2D eigenvalue weighted by Crippen LogP contribution is 2.18. The topological polar surface area (TPSA) is 114 Å². The average Bonchev–Trinajstić information content (AvgIpc) is 3.19. The molecule has 29 heavy (non-hydrogen) atoms. The van der Waals surface area contributed by atoms with Crippen LogP contribution in [0.2, 0.25) is 0 Å². The minimum atomic E-state index is -0.573. The SMILES string of the molecule is COc1ccc(C[C@H](NC(=O)Nc2ccc(F)cc2)c2nnn(CCO)n2)cc1. The quantitative estimate of drug-likeness (QED) is 0.532. The molecule has 2 amide bonds. The van der Waals surface area contributed by atoms with Crippen molar-refractivity contribution in [3.63, 3.8) is 0 Å². The van der Waals surface area contributed by atoms with Crippen LogP contribution < -0.4 is 15.4 Å². The maximum Gasteiger partial charge on any atom is 0.319 e. The van der Waals surface area contributed by atoms with Crippen LogP contribution in [0.1, 0.15) is 17.4 Å². The van der Waals surface area contributed by atoms with Crippen molar-refractivity contribution in [2.24, 2.45) is 0 Å². The summed E-state index contributed by atoms with van der Waals surface area (Å²) in [5.74, 6) is 0.640. The molecule has 0 unspecified atom stereocenters. The van der Waals surface area contributed by atoms with Crippen LogP contribution >= 0.6 is 0 Å². The van der Waals surface area contributed by atoms with E-state index in [2.05, 4.69) is 26.0 Å². The van der Waals surface area contributed by atoms with Gasteiger partial charge >= 0.3 is 6.03 Å². The number of hydrogen-bond donors (Lipinski definition) is 3. The Balaban J connectivity index is 1.75. The third-order valence-electron chi connectivity index (χ3n) is 4.09. The smallest absolute Gasteiger partial charge is 0.319 e. The van der Waals surface area contributed by atoms with Crippen LogP contribution in [-0.4, -0.2) is 45.1 Å². The summed E-state index contributed by atoms with van der Waals surface area (Å²) >= 11 is 0. The molecule has 1 atom stereocenters. The van der Waals surface area contributed by atoms with Gasteiger partial charge in [-0.2, -0.15) is 4.80 Å². The van der Waals surface area contributed by atoms with Crippen LogP contribution in [0.15, 0.2) is 48.5 Å². The number of methoxy groups -OCH3 is 1. The van der Waals surface area contributed by atoms with Crippen LogP contribution in [0, 0.1) is 5.82 Å². The monoisotopic (exact) mass is 400 g/mol. The van der Waals surface area contributed by atoms with Crippen molar-refractivity contribution in [1.82, 2.24) is 25.5 Å². The molecule has 0 saturated heterocycles. The van der Waals surface area contributed by atoms with E-state index in [9.17, 15) is 9.18 Å². The van der Waals surface area contributed by atoms with Crippen LogP contribution in [0.3, 0.4) is 0 Å². The van der Waals surface area contributed by atoms with Crippen molar-refractivity contribution in [3.05, 3.63) is 65.7 Å². The summed E-state index contributed by atoms with van der Waals surface area (Å²) in [5.41, 5.74) is 1.38. The fourth-order valence-corrected chi connectivity index (χ4v) is 2.64. The van der Waals surface area contributed by atoms with E-state index in [4.69, 9.17) is 9.84 Å². The van der Waals surface area contributed by atoms with Crippen molar-refractivity contribution in [3.8, 4) is 5.75 Å². The number of aromatic nitrogens is 4. The van der Waals surface area contributed by atoms with E-state index in [1.54, 1.807) is 7.11 Å². The molecular formula is C19H21FN6O3. The Bertz CT molecular complexity index is 930. The van der Waals surface area contributed by atoms with Gasteiger partial charge in [0.05, 0.1) is 26.3 Å². The molecule has 0 fully saturated rings. The first-order chi connectivity index (χ1) is 14.1. The first-order valence-electron chi connectivity index (χ1n) is 8.92. The molecule has 0 saturated carbocycles. The van der Waals surface area contributed by atoms with Gasteiger partial charge in [-0.05, 0) is 47.2 Å². The Kier molecular flexibility index (Phi) is 6.69. The molecule has 0 aliphatic rings. The zero-order valence-corrected chi connectivity index (χ0v) is 15.7. The summed E-state index contributed by atoms with van der Waals surface area (Å²) in [4.78, 5) is 13.7. The highest BCUT2D eigenvalue weighted by molar-refractivity contribution is 5.89. The number of amides is 2. The largest absolute Gasteiger partial charge is 0.497 e. The van der Waals surface area contributed by atoms with E-state index >= 15 is 0 Å². The normalized spacial score (nSPS) is 11.7. The number of nitrogens with one attached hydrogen (secondary N) is 2. The number of anilines is 1. The zero-order chi connectivity index (χ0) is 20.6. The molecule has 0 radical (unpaired) electrons. The van der Waals surface area contributed by atoms with E-state index in [1.165, 1.54) is 29.1 Å². The molecule has 1 aromatic heterocycles. The predicted molar refractivity (Wildman–Crippen MR) is 103 cm³/mol. The Morgan fingerprint density at radius 1 is 1.21 bits per heavy atom. The lowest BCUT2D eigenvalue weighted by atomic mass is 10.1. The molecule has 10 heteroatoms. The van der Waals surface area contributed by atoms with E-state index in [0.717, 1.165) is 11.3 Å². The first-order valence-corrected chi connectivity index (χ1v) is 8.92. The molecule has 3 N–H and O–H groups in total. The number of halogens is 1. The zero-order valence-electron chi connectivity index (χ0n) is 15.7. The first kappa shape index (κ1) is 20.2. The molecule has 0 bridgehead atoms. The Morgan fingerprint density at radius 3 is 2.59 bits per heavy atom. The highest BCUT2D eigenvalue weighted by atomic mass is 19.1. The lowest BCUT2D eigenvalue weighted by Crippen LogP contribution is -2.34. The fraction of sp³-hybridized carbons (Fsp3) is 0.263. The van der Waals surface area contributed by atoms with Crippen molar-refractivity contribution in [2.45, 2.75) is 19.0 Å². The number of tetrazole rings is 1. The van der Waals surface area contributed by atoms with Gasteiger partial charge in [0.1, 0.15) is 11.6 Å². The number of hydrogen-bond acceptors (Lipinski definition) is 6. The van der Waals surface area contributed by atoms with Gasteiger partial charge in [-0.15, -0.1) is 10.2 Å². The van der Waals surface area contributed by atoms with Gasteiger partial charge in [0.2, 0.25) is 0 Å². The molecule has 0 aliphatic heterocycles. The second-order valence-corrected chi connectivity index (χ2v) is 6.18. The summed E-state index contributed by atoms with van der Waals surface area (Å²) in [6.07, 6.45) is 0.408. The summed E-state index contributed by atoms with van der Waals surface area (Å²) in [5, 5.41) is 26.6. The maximum absolute atomic E-state index is 13.0. The molecule has 1 heterocycles. The molecule has 0 aliphatic carbocycles. The lowest BCUT2D eigenvalue weighted by Gasteiger charge is -2.16. The van der Waals surface area contributed by atoms with E-state index < -0.39 is 17.9 Å². The number of carbonyl (C=O) groups is 1. The molecule has 3 rings (SSSR count). The Labute approximate surface area is 166 Å². The van der Waals surface area contributed by atoms with E-state index in [0.29, 0.717) is 17.9 Å². The number of carbonyl (C=O) groups excluding carboxylic acids is 1. The van der Waals surface area contributed by atoms with Gasteiger partial charge < -0.3 is 20.5 Å². The number of nitrogens with zero attached hydrogens (tertiary/aromatic N) is 4. The Morgan fingerprint density at radius 2 is 1.93 bits per heavy atom. The predicted octanol–water partition coefficient (Wildman–Crippen LogP) is 1.92. The minimum absolute atomic E-state index is 0.128. The molecule has 0 spiro atoms. The molecule has 2 aromatic carbocycles. The molecular weight excluding hydrogens is 379 g/mol. The lowest BCUT2D eigenvalue weighted by molar-refractivity contribution is 0.247. The van der Waals surface area contributed by atoms with Crippen molar-refractivity contribution in [1.29, 1.82) is 0 Å².